The van der Waals surface area contributed by atoms with Crippen molar-refractivity contribution in [3.05, 3.63) is 18.0 Å². The van der Waals surface area contributed by atoms with Crippen LogP contribution >= 0.6 is 0 Å². The lowest BCUT2D eigenvalue weighted by molar-refractivity contribution is -0.141. The van der Waals surface area contributed by atoms with Crippen molar-refractivity contribution in [2.45, 2.75) is 25.8 Å². The van der Waals surface area contributed by atoms with E-state index in [1.165, 1.54) is 6.92 Å². The molecule has 1 aromatic heterocycles. The van der Waals surface area contributed by atoms with Crippen molar-refractivity contribution in [2.75, 3.05) is 0 Å². The average Bonchev–Trinajstić information content (AvgIpc) is 2.61. The number of amides is 1. The molecule has 6 nitrogen and oxygen atoms in total. The molecule has 0 saturated carbocycles. The summed E-state index contributed by atoms with van der Waals surface area (Å²) in [4.78, 5) is 21.9. The Balaban J connectivity index is 2.36. The van der Waals surface area contributed by atoms with Crippen molar-refractivity contribution in [1.82, 2.24) is 15.1 Å². The predicted molar refractivity (Wildman–Crippen MR) is 56.8 cm³/mol. The molecule has 1 aromatic rings. The van der Waals surface area contributed by atoms with E-state index in [-0.39, 0.29) is 12.3 Å². The second-order valence-corrected chi connectivity index (χ2v) is 3.57. The van der Waals surface area contributed by atoms with Gasteiger partial charge in [0.05, 0.1) is 0 Å². The highest BCUT2D eigenvalue weighted by Gasteiger charge is 2.13. The summed E-state index contributed by atoms with van der Waals surface area (Å²) >= 11 is 0. The smallest absolute Gasteiger partial charge is 0.325 e. The van der Waals surface area contributed by atoms with Gasteiger partial charge in [-0.3, -0.25) is 14.3 Å². The molecule has 0 saturated heterocycles. The molecule has 0 fully saturated rings. The molecule has 0 spiro atoms. The largest absolute Gasteiger partial charge is 0.480 e. The lowest BCUT2D eigenvalue weighted by Crippen LogP contribution is -2.38. The highest BCUT2D eigenvalue weighted by Crippen LogP contribution is 2.00. The fraction of sp³-hybridized carbons (Fsp3) is 0.500. The number of aliphatic carboxylic acids is 1. The first-order chi connectivity index (χ1) is 7.50. The van der Waals surface area contributed by atoms with Crippen molar-refractivity contribution in [3.8, 4) is 0 Å². The molecule has 88 valence electrons. The summed E-state index contributed by atoms with van der Waals surface area (Å²) in [6.07, 6.45) is 2.47. The van der Waals surface area contributed by atoms with Gasteiger partial charge in [0.15, 0.2) is 0 Å². The minimum atomic E-state index is -1.03. The minimum absolute atomic E-state index is 0.261. The summed E-state index contributed by atoms with van der Waals surface area (Å²) in [5.74, 6) is -1.30. The van der Waals surface area contributed by atoms with Crippen LogP contribution in [0.4, 0.5) is 0 Å². The second-order valence-electron chi connectivity index (χ2n) is 3.57. The zero-order valence-electron chi connectivity index (χ0n) is 9.30. The van der Waals surface area contributed by atoms with Gasteiger partial charge in [-0.1, -0.05) is 0 Å². The average molecular weight is 225 g/mol. The molecule has 1 heterocycles. The number of carboxylic acid groups (broad SMARTS) is 1. The van der Waals surface area contributed by atoms with Crippen LogP contribution in [0.1, 0.15) is 19.0 Å². The maximum absolute atomic E-state index is 11.4. The first-order valence-corrected chi connectivity index (χ1v) is 4.99. The molecule has 0 aliphatic carbocycles. The summed E-state index contributed by atoms with van der Waals surface area (Å²) in [7, 11) is 1.80. The van der Waals surface area contributed by atoms with Gasteiger partial charge >= 0.3 is 5.97 Å². The molecule has 0 aliphatic rings. The highest BCUT2D eigenvalue weighted by molar-refractivity contribution is 5.83. The van der Waals surface area contributed by atoms with Crippen molar-refractivity contribution in [3.63, 3.8) is 0 Å². The Morgan fingerprint density at radius 1 is 1.62 bits per heavy atom. The maximum Gasteiger partial charge on any atom is 0.325 e. The van der Waals surface area contributed by atoms with E-state index in [9.17, 15) is 9.59 Å². The zero-order chi connectivity index (χ0) is 12.1. The second kappa shape index (κ2) is 5.29. The van der Waals surface area contributed by atoms with Crippen LogP contribution in [0.5, 0.6) is 0 Å². The Kier molecular flexibility index (Phi) is 4.04. The van der Waals surface area contributed by atoms with Crippen LogP contribution in [0, 0.1) is 0 Å². The quantitative estimate of drug-likeness (QED) is 0.735. The lowest BCUT2D eigenvalue weighted by atomic mass is 10.2. The number of carbonyl (C=O) groups excluding carboxylic acids is 1. The molecule has 0 aliphatic heterocycles. The molecular formula is C10H15N3O3. The Labute approximate surface area is 93.3 Å². The summed E-state index contributed by atoms with van der Waals surface area (Å²) < 4.78 is 1.69. The Bertz CT molecular complexity index is 386. The van der Waals surface area contributed by atoms with E-state index in [0.29, 0.717) is 6.42 Å². The molecule has 2 N–H and O–H groups in total. The number of aryl methyl sites for hydroxylation is 2. The van der Waals surface area contributed by atoms with Crippen LogP contribution in [-0.2, 0) is 23.1 Å². The molecule has 1 amide bonds. The molecule has 6 heteroatoms. The number of carboxylic acids is 1. The van der Waals surface area contributed by atoms with Crippen molar-refractivity contribution in [2.24, 2.45) is 7.05 Å². The van der Waals surface area contributed by atoms with Crippen LogP contribution in [0.2, 0.25) is 0 Å². The van der Waals surface area contributed by atoms with Gasteiger partial charge in [-0.05, 0) is 19.4 Å². The normalized spacial score (nSPS) is 12.1. The molecule has 0 radical (unpaired) electrons. The van der Waals surface area contributed by atoms with Gasteiger partial charge < -0.3 is 10.4 Å². The van der Waals surface area contributed by atoms with E-state index in [4.69, 9.17) is 5.11 Å². The van der Waals surface area contributed by atoms with Gasteiger partial charge in [-0.15, -0.1) is 0 Å². The van der Waals surface area contributed by atoms with E-state index < -0.39 is 12.0 Å². The van der Waals surface area contributed by atoms with E-state index >= 15 is 0 Å². The van der Waals surface area contributed by atoms with Crippen molar-refractivity contribution < 1.29 is 14.7 Å². The van der Waals surface area contributed by atoms with Gasteiger partial charge in [0.2, 0.25) is 5.91 Å². The Morgan fingerprint density at radius 2 is 2.31 bits per heavy atom. The fourth-order valence-electron chi connectivity index (χ4n) is 1.26. The van der Waals surface area contributed by atoms with Gasteiger partial charge in [0.1, 0.15) is 6.04 Å². The van der Waals surface area contributed by atoms with Gasteiger partial charge in [0, 0.05) is 25.4 Å². The minimum Gasteiger partial charge on any atom is -0.480 e. The van der Waals surface area contributed by atoms with Crippen molar-refractivity contribution >= 4 is 11.9 Å². The van der Waals surface area contributed by atoms with Gasteiger partial charge in [-0.25, -0.2) is 0 Å². The van der Waals surface area contributed by atoms with Gasteiger partial charge in [-0.2, -0.15) is 5.10 Å². The number of rotatable bonds is 5. The molecule has 0 aromatic carbocycles. The third kappa shape index (κ3) is 3.38. The first kappa shape index (κ1) is 12.2. The maximum atomic E-state index is 11.4. The number of hydrogen-bond acceptors (Lipinski definition) is 3. The standard InChI is InChI=1S/C10H15N3O3/c1-7(10(15)16)12-9(14)4-3-8-5-6-11-13(8)2/h5-7H,3-4H2,1-2H3,(H,12,14)(H,15,16). The van der Waals surface area contributed by atoms with Gasteiger partial charge in [0.25, 0.3) is 0 Å². The molecule has 1 rings (SSSR count). The van der Waals surface area contributed by atoms with E-state index in [2.05, 4.69) is 10.4 Å². The summed E-state index contributed by atoms with van der Waals surface area (Å²) in [5.41, 5.74) is 0.943. The molecule has 1 atom stereocenters. The van der Waals surface area contributed by atoms with Crippen molar-refractivity contribution in [1.29, 1.82) is 0 Å². The highest BCUT2D eigenvalue weighted by atomic mass is 16.4. The van der Waals surface area contributed by atoms with E-state index in [1.54, 1.807) is 17.9 Å². The molecule has 16 heavy (non-hydrogen) atoms. The van der Waals surface area contributed by atoms with Crippen LogP contribution in [0.3, 0.4) is 0 Å². The van der Waals surface area contributed by atoms with E-state index in [0.717, 1.165) is 5.69 Å². The topological polar surface area (TPSA) is 84.2 Å². The summed E-state index contributed by atoms with van der Waals surface area (Å²) in [5, 5.41) is 15.0. The van der Waals surface area contributed by atoms with E-state index in [1.807, 2.05) is 6.07 Å². The Morgan fingerprint density at radius 3 is 2.81 bits per heavy atom. The van der Waals surface area contributed by atoms with Crippen LogP contribution < -0.4 is 5.32 Å². The number of aromatic nitrogens is 2. The lowest BCUT2D eigenvalue weighted by Gasteiger charge is -2.08. The number of hydrogen-bond donors (Lipinski definition) is 2. The Hall–Kier alpha value is -1.85. The molecule has 1 unspecified atom stereocenters. The fourth-order valence-corrected chi connectivity index (χ4v) is 1.26. The third-order valence-corrected chi connectivity index (χ3v) is 2.28. The SMILES string of the molecule is CC(NC(=O)CCc1ccnn1C)C(=O)O. The number of nitrogens with zero attached hydrogens (tertiary/aromatic N) is 2. The summed E-state index contributed by atoms with van der Waals surface area (Å²) in [6.45, 7) is 1.43. The number of nitrogens with one attached hydrogen (secondary N) is 1. The van der Waals surface area contributed by atoms with Crippen LogP contribution in [0.15, 0.2) is 12.3 Å². The monoisotopic (exact) mass is 225 g/mol. The van der Waals surface area contributed by atoms with Crippen LogP contribution in [0.25, 0.3) is 0 Å². The third-order valence-electron chi connectivity index (χ3n) is 2.28. The first-order valence-electron chi connectivity index (χ1n) is 4.99. The molecule has 0 bridgehead atoms. The number of carbonyl (C=O) groups is 2. The zero-order valence-corrected chi connectivity index (χ0v) is 9.30. The van der Waals surface area contributed by atoms with Crippen LogP contribution in [-0.4, -0.2) is 32.8 Å². The molecular weight excluding hydrogens is 210 g/mol. The predicted octanol–water partition coefficient (Wildman–Crippen LogP) is -0.0580. The summed E-state index contributed by atoms with van der Waals surface area (Å²) in [6, 6.07) is 0.979.